The molecule has 1 fully saturated rings. The molecule has 3 aromatic rings. The van der Waals surface area contributed by atoms with E-state index >= 15 is 0 Å². The second kappa shape index (κ2) is 8.92. The van der Waals surface area contributed by atoms with Crippen LogP contribution in [0, 0.1) is 0 Å². The molecule has 6 nitrogen and oxygen atoms in total. The molecule has 7 heteroatoms. The van der Waals surface area contributed by atoms with Gasteiger partial charge in [0.05, 0.1) is 5.56 Å². The summed E-state index contributed by atoms with van der Waals surface area (Å²) >= 11 is 6.31. The second-order valence-corrected chi connectivity index (χ2v) is 7.11. The maximum Gasteiger partial charge on any atom is 0.255 e. The zero-order valence-electron chi connectivity index (χ0n) is 15.8. The number of amides is 1. The van der Waals surface area contributed by atoms with Crippen molar-refractivity contribution in [3.05, 3.63) is 71.5 Å². The fraction of sp³-hybridized carbons (Fsp3) is 0.227. The third kappa shape index (κ3) is 4.84. The van der Waals surface area contributed by atoms with Crippen molar-refractivity contribution in [2.24, 2.45) is 0 Å². The number of nitrogens with zero attached hydrogens (tertiary/aromatic N) is 3. The lowest BCUT2D eigenvalue weighted by Gasteiger charge is -2.26. The molecule has 1 saturated heterocycles. The van der Waals surface area contributed by atoms with Gasteiger partial charge in [-0.2, -0.15) is 0 Å². The van der Waals surface area contributed by atoms with E-state index in [4.69, 9.17) is 21.1 Å². The SMILES string of the molecule is O=C(c1cnc(Oc2ccc(Oc3ccccn3)cc2)c(Cl)c1)N1CCCCC1. The molecule has 1 amide bonds. The zero-order chi connectivity index (χ0) is 20.1. The van der Waals surface area contributed by atoms with Crippen LogP contribution in [0.3, 0.4) is 0 Å². The molecule has 0 radical (unpaired) electrons. The monoisotopic (exact) mass is 409 g/mol. The Balaban J connectivity index is 1.42. The van der Waals surface area contributed by atoms with Gasteiger partial charge in [-0.25, -0.2) is 9.97 Å². The minimum absolute atomic E-state index is 0.0401. The van der Waals surface area contributed by atoms with Crippen LogP contribution < -0.4 is 9.47 Å². The molecule has 29 heavy (non-hydrogen) atoms. The minimum atomic E-state index is -0.0401. The Labute approximate surface area is 174 Å². The highest BCUT2D eigenvalue weighted by atomic mass is 35.5. The lowest BCUT2D eigenvalue weighted by atomic mass is 10.1. The Hall–Kier alpha value is -3.12. The summed E-state index contributed by atoms with van der Waals surface area (Å²) in [5.41, 5.74) is 0.475. The predicted molar refractivity (Wildman–Crippen MR) is 110 cm³/mol. The molecule has 0 saturated carbocycles. The van der Waals surface area contributed by atoms with Gasteiger partial charge in [0, 0.05) is 31.5 Å². The van der Waals surface area contributed by atoms with Crippen molar-refractivity contribution in [2.75, 3.05) is 13.1 Å². The van der Waals surface area contributed by atoms with Gasteiger partial charge >= 0.3 is 0 Å². The van der Waals surface area contributed by atoms with Crippen molar-refractivity contribution in [3.8, 4) is 23.3 Å². The van der Waals surface area contributed by atoms with Crippen molar-refractivity contribution >= 4 is 17.5 Å². The van der Waals surface area contributed by atoms with Gasteiger partial charge in [-0.1, -0.05) is 17.7 Å². The van der Waals surface area contributed by atoms with E-state index < -0.39 is 0 Å². The van der Waals surface area contributed by atoms with Crippen molar-refractivity contribution < 1.29 is 14.3 Å². The van der Waals surface area contributed by atoms with E-state index in [9.17, 15) is 4.79 Å². The lowest BCUT2D eigenvalue weighted by Crippen LogP contribution is -2.35. The highest BCUT2D eigenvalue weighted by Gasteiger charge is 2.20. The molecule has 1 aliphatic heterocycles. The van der Waals surface area contributed by atoms with Crippen LogP contribution in [0.25, 0.3) is 0 Å². The number of likely N-dealkylation sites (tertiary alicyclic amines) is 1. The average molecular weight is 410 g/mol. The molecule has 0 bridgehead atoms. The van der Waals surface area contributed by atoms with Crippen molar-refractivity contribution in [1.82, 2.24) is 14.9 Å². The third-order valence-electron chi connectivity index (χ3n) is 4.60. The maximum atomic E-state index is 12.6. The number of pyridine rings is 2. The number of aromatic nitrogens is 2. The Morgan fingerprint density at radius 3 is 2.31 bits per heavy atom. The van der Waals surface area contributed by atoms with Gasteiger partial charge in [-0.05, 0) is 55.7 Å². The van der Waals surface area contributed by atoms with E-state index in [0.717, 1.165) is 25.9 Å². The van der Waals surface area contributed by atoms with Gasteiger partial charge in [0.2, 0.25) is 11.8 Å². The lowest BCUT2D eigenvalue weighted by molar-refractivity contribution is 0.0724. The summed E-state index contributed by atoms with van der Waals surface area (Å²) in [6, 6.07) is 14.1. The van der Waals surface area contributed by atoms with E-state index in [2.05, 4.69) is 9.97 Å². The van der Waals surface area contributed by atoms with E-state index in [1.54, 1.807) is 42.6 Å². The van der Waals surface area contributed by atoms with Crippen LogP contribution in [0.4, 0.5) is 0 Å². The molecule has 0 atom stereocenters. The Kier molecular flexibility index (Phi) is 5.91. The smallest absolute Gasteiger partial charge is 0.255 e. The summed E-state index contributed by atoms with van der Waals surface area (Å²) in [6.07, 6.45) is 6.42. The van der Waals surface area contributed by atoms with E-state index in [-0.39, 0.29) is 11.8 Å². The van der Waals surface area contributed by atoms with Crippen LogP contribution in [0.2, 0.25) is 5.02 Å². The molecular weight excluding hydrogens is 390 g/mol. The number of benzene rings is 1. The number of carbonyl (C=O) groups excluding carboxylic acids is 1. The van der Waals surface area contributed by atoms with E-state index in [1.165, 1.54) is 12.6 Å². The third-order valence-corrected chi connectivity index (χ3v) is 4.87. The fourth-order valence-electron chi connectivity index (χ4n) is 3.11. The molecular formula is C22H20ClN3O3. The zero-order valence-corrected chi connectivity index (χ0v) is 16.5. The van der Waals surface area contributed by atoms with Crippen molar-refractivity contribution in [2.45, 2.75) is 19.3 Å². The second-order valence-electron chi connectivity index (χ2n) is 6.71. The number of halogens is 1. The summed E-state index contributed by atoms with van der Waals surface area (Å²) in [5.74, 6) is 1.92. The number of carbonyl (C=O) groups is 1. The number of rotatable bonds is 5. The molecule has 4 rings (SSSR count). The first-order chi connectivity index (χ1) is 14.2. The molecule has 1 aromatic carbocycles. The summed E-state index contributed by atoms with van der Waals surface area (Å²) in [6.45, 7) is 1.56. The predicted octanol–water partition coefficient (Wildman–Crippen LogP) is 5.34. The van der Waals surface area contributed by atoms with Gasteiger partial charge < -0.3 is 14.4 Å². The standard InChI is InChI=1S/C22H20ClN3O3/c23-19-14-16(22(27)26-12-4-1-5-13-26)15-25-21(19)29-18-9-7-17(8-10-18)28-20-6-2-3-11-24-20/h2-3,6-11,14-15H,1,4-5,12-13H2. The van der Waals surface area contributed by atoms with Crippen LogP contribution in [-0.2, 0) is 0 Å². The van der Waals surface area contributed by atoms with Gasteiger partial charge in [-0.15, -0.1) is 0 Å². The van der Waals surface area contributed by atoms with Crippen LogP contribution in [0.15, 0.2) is 60.9 Å². The quantitative estimate of drug-likeness (QED) is 0.569. The normalized spacial score (nSPS) is 13.8. The van der Waals surface area contributed by atoms with Crippen LogP contribution in [-0.4, -0.2) is 33.9 Å². The first kappa shape index (κ1) is 19.2. The fourth-order valence-corrected chi connectivity index (χ4v) is 3.32. The Morgan fingerprint density at radius 2 is 1.66 bits per heavy atom. The first-order valence-electron chi connectivity index (χ1n) is 9.51. The summed E-state index contributed by atoms with van der Waals surface area (Å²) in [5, 5.41) is 0.293. The molecule has 0 N–H and O–H groups in total. The van der Waals surface area contributed by atoms with Gasteiger partial charge in [-0.3, -0.25) is 4.79 Å². The molecule has 0 aliphatic carbocycles. The number of hydrogen-bond donors (Lipinski definition) is 0. The maximum absolute atomic E-state index is 12.6. The van der Waals surface area contributed by atoms with Gasteiger partial charge in [0.25, 0.3) is 5.91 Å². The van der Waals surface area contributed by atoms with Crippen LogP contribution in [0.1, 0.15) is 29.6 Å². The van der Waals surface area contributed by atoms with E-state index in [1.807, 2.05) is 17.0 Å². The summed E-state index contributed by atoms with van der Waals surface area (Å²) in [7, 11) is 0. The highest BCUT2D eigenvalue weighted by Crippen LogP contribution is 2.30. The van der Waals surface area contributed by atoms with E-state index in [0.29, 0.717) is 28.0 Å². The summed E-state index contributed by atoms with van der Waals surface area (Å²) in [4.78, 5) is 22.8. The molecule has 1 aliphatic rings. The Morgan fingerprint density at radius 1 is 0.931 bits per heavy atom. The summed E-state index contributed by atoms with van der Waals surface area (Å²) < 4.78 is 11.4. The molecule has 3 heterocycles. The molecule has 2 aromatic heterocycles. The van der Waals surface area contributed by atoms with Crippen molar-refractivity contribution in [3.63, 3.8) is 0 Å². The molecule has 148 valence electrons. The minimum Gasteiger partial charge on any atom is -0.439 e. The van der Waals surface area contributed by atoms with Crippen molar-refractivity contribution in [1.29, 1.82) is 0 Å². The highest BCUT2D eigenvalue weighted by molar-refractivity contribution is 6.32. The number of hydrogen-bond acceptors (Lipinski definition) is 5. The molecule has 0 unspecified atom stereocenters. The molecule has 0 spiro atoms. The number of ether oxygens (including phenoxy) is 2. The Bertz CT molecular complexity index is 974. The van der Waals surface area contributed by atoms with Gasteiger partial charge in [0.15, 0.2) is 0 Å². The van der Waals surface area contributed by atoms with Crippen LogP contribution >= 0.6 is 11.6 Å². The largest absolute Gasteiger partial charge is 0.439 e. The first-order valence-corrected chi connectivity index (χ1v) is 9.88. The number of piperidine rings is 1. The van der Waals surface area contributed by atoms with Gasteiger partial charge in [0.1, 0.15) is 16.5 Å². The van der Waals surface area contributed by atoms with Crippen LogP contribution in [0.5, 0.6) is 23.3 Å². The average Bonchev–Trinajstić information content (AvgIpc) is 2.77. The topological polar surface area (TPSA) is 64.5 Å².